The maximum absolute atomic E-state index is 12.9. The molecule has 2 amide bonds. The van der Waals surface area contributed by atoms with E-state index in [0.29, 0.717) is 13.1 Å². The van der Waals surface area contributed by atoms with Crippen LogP contribution in [0, 0.1) is 0 Å². The summed E-state index contributed by atoms with van der Waals surface area (Å²) in [5, 5.41) is 3.10. The Hall–Kier alpha value is -3.09. The molecule has 2 aromatic heterocycles. The van der Waals surface area contributed by atoms with E-state index in [1.54, 1.807) is 0 Å². The quantitative estimate of drug-likeness (QED) is 0.646. The number of nitrogens with zero attached hydrogens (tertiary/aromatic N) is 4. The smallest absolute Gasteiger partial charge is 0.317 e. The Morgan fingerprint density at radius 3 is 2.75 bits per heavy atom. The van der Waals surface area contributed by atoms with E-state index in [1.807, 2.05) is 41.4 Å². The van der Waals surface area contributed by atoms with Crippen molar-refractivity contribution >= 4 is 22.9 Å². The van der Waals surface area contributed by atoms with E-state index >= 15 is 0 Å². The minimum Gasteiger partial charge on any atom is -0.440 e. The van der Waals surface area contributed by atoms with Crippen LogP contribution in [0.5, 0.6) is 0 Å². The SMILES string of the molecule is O=C(NCc1ccnc(N2CCCCCC2)c1)N1CCCC(c2nc3ccccc3o2)C1. The molecule has 2 aliphatic rings. The number of rotatable bonds is 4. The second-order valence-corrected chi connectivity index (χ2v) is 8.89. The highest BCUT2D eigenvalue weighted by Crippen LogP contribution is 2.29. The number of oxazole rings is 1. The first-order valence-corrected chi connectivity index (χ1v) is 11.8. The molecule has 0 bridgehead atoms. The van der Waals surface area contributed by atoms with Gasteiger partial charge in [0, 0.05) is 38.9 Å². The Balaban J connectivity index is 1.19. The van der Waals surface area contributed by atoms with Crippen LogP contribution in [0.25, 0.3) is 11.1 Å². The Morgan fingerprint density at radius 2 is 1.91 bits per heavy atom. The van der Waals surface area contributed by atoms with Gasteiger partial charge in [-0.25, -0.2) is 14.8 Å². The topological polar surface area (TPSA) is 74.5 Å². The van der Waals surface area contributed by atoms with E-state index in [2.05, 4.69) is 26.3 Å². The summed E-state index contributed by atoms with van der Waals surface area (Å²) < 4.78 is 5.96. The monoisotopic (exact) mass is 433 g/mol. The molecular weight excluding hydrogens is 402 g/mol. The van der Waals surface area contributed by atoms with E-state index in [9.17, 15) is 4.79 Å². The molecule has 0 spiro atoms. The number of hydrogen-bond acceptors (Lipinski definition) is 5. The average molecular weight is 434 g/mol. The lowest BCUT2D eigenvalue weighted by molar-refractivity contribution is 0.174. The van der Waals surface area contributed by atoms with Crippen LogP contribution >= 0.6 is 0 Å². The predicted octanol–water partition coefficient (Wildman–Crippen LogP) is 4.69. The molecule has 0 saturated carbocycles. The van der Waals surface area contributed by atoms with Gasteiger partial charge < -0.3 is 19.5 Å². The van der Waals surface area contributed by atoms with Crippen LogP contribution < -0.4 is 10.2 Å². The van der Waals surface area contributed by atoms with Crippen molar-refractivity contribution in [1.29, 1.82) is 0 Å². The summed E-state index contributed by atoms with van der Waals surface area (Å²) >= 11 is 0. The Kier molecular flexibility index (Phi) is 6.23. The van der Waals surface area contributed by atoms with Crippen LogP contribution in [-0.2, 0) is 6.54 Å². The number of nitrogens with one attached hydrogen (secondary N) is 1. The highest BCUT2D eigenvalue weighted by molar-refractivity contribution is 5.74. The third-order valence-corrected chi connectivity index (χ3v) is 6.55. The number of amides is 2. The van der Waals surface area contributed by atoms with Crippen molar-refractivity contribution in [3.8, 4) is 0 Å². The van der Waals surface area contributed by atoms with Gasteiger partial charge in [0.05, 0.1) is 5.92 Å². The molecule has 4 heterocycles. The number of pyridine rings is 1. The van der Waals surface area contributed by atoms with Gasteiger partial charge >= 0.3 is 6.03 Å². The maximum Gasteiger partial charge on any atom is 0.317 e. The summed E-state index contributed by atoms with van der Waals surface area (Å²) in [4.78, 5) is 26.4. The summed E-state index contributed by atoms with van der Waals surface area (Å²) in [6.07, 6.45) is 8.83. The summed E-state index contributed by atoms with van der Waals surface area (Å²) in [5.41, 5.74) is 2.77. The van der Waals surface area contributed by atoms with Gasteiger partial charge in [0.15, 0.2) is 11.5 Å². The lowest BCUT2D eigenvalue weighted by Crippen LogP contribution is -2.44. The van der Waals surface area contributed by atoms with Crippen LogP contribution in [0.3, 0.4) is 0 Å². The zero-order chi connectivity index (χ0) is 21.8. The highest BCUT2D eigenvalue weighted by atomic mass is 16.3. The van der Waals surface area contributed by atoms with E-state index < -0.39 is 0 Å². The first-order valence-electron chi connectivity index (χ1n) is 11.8. The summed E-state index contributed by atoms with van der Waals surface area (Å²) in [6, 6.07) is 11.9. The van der Waals surface area contributed by atoms with Gasteiger partial charge in [-0.3, -0.25) is 0 Å². The predicted molar refractivity (Wildman–Crippen MR) is 125 cm³/mol. The standard InChI is InChI=1S/C25H31N5O2/c31-25(27-17-19-11-12-26-23(16-19)29-13-5-1-2-6-14-29)30-15-7-8-20(18-30)24-28-21-9-3-4-10-22(21)32-24/h3-4,9-12,16,20H,1-2,5-8,13-15,17-18H2,(H,27,31). The minimum absolute atomic E-state index is 0.0288. The molecule has 1 N–H and O–H groups in total. The molecule has 1 unspecified atom stereocenters. The van der Waals surface area contributed by atoms with Crippen molar-refractivity contribution in [2.75, 3.05) is 31.1 Å². The van der Waals surface area contributed by atoms with Gasteiger partial charge in [0.2, 0.25) is 0 Å². The number of carbonyl (C=O) groups excluding carboxylic acids is 1. The van der Waals surface area contributed by atoms with E-state index in [1.165, 1.54) is 25.7 Å². The number of aromatic nitrogens is 2. The van der Waals surface area contributed by atoms with Gasteiger partial charge in [-0.15, -0.1) is 0 Å². The maximum atomic E-state index is 12.9. The molecule has 2 fully saturated rings. The average Bonchev–Trinajstić information content (AvgIpc) is 3.09. The van der Waals surface area contributed by atoms with Crippen molar-refractivity contribution in [2.45, 2.75) is 51.0 Å². The summed E-state index contributed by atoms with van der Waals surface area (Å²) in [5.74, 6) is 1.89. The van der Waals surface area contributed by atoms with Gasteiger partial charge in [-0.2, -0.15) is 0 Å². The molecule has 32 heavy (non-hydrogen) atoms. The van der Waals surface area contributed by atoms with Gasteiger partial charge in [-0.1, -0.05) is 25.0 Å². The number of urea groups is 1. The molecular formula is C25H31N5O2. The molecule has 2 aliphatic heterocycles. The number of anilines is 1. The number of carbonyl (C=O) groups is 1. The molecule has 0 radical (unpaired) electrons. The first kappa shape index (κ1) is 20.8. The molecule has 5 rings (SSSR count). The van der Waals surface area contributed by atoms with Gasteiger partial charge in [0.25, 0.3) is 0 Å². The molecule has 1 aromatic carbocycles. The molecule has 0 aliphatic carbocycles. The molecule has 2 saturated heterocycles. The molecule has 7 heteroatoms. The lowest BCUT2D eigenvalue weighted by Gasteiger charge is -2.31. The zero-order valence-electron chi connectivity index (χ0n) is 18.5. The number of benzene rings is 1. The second kappa shape index (κ2) is 9.59. The normalized spacial score (nSPS) is 19.7. The third kappa shape index (κ3) is 4.71. The van der Waals surface area contributed by atoms with Crippen LogP contribution in [0.2, 0.25) is 0 Å². The lowest BCUT2D eigenvalue weighted by atomic mass is 9.98. The van der Waals surface area contributed by atoms with Crippen LogP contribution in [0.1, 0.15) is 55.9 Å². The molecule has 168 valence electrons. The van der Waals surface area contributed by atoms with Gasteiger partial charge in [-0.05, 0) is 55.5 Å². The van der Waals surface area contributed by atoms with Crippen LogP contribution in [0.15, 0.2) is 47.0 Å². The fraction of sp³-hybridized carbons (Fsp3) is 0.480. The first-order chi connectivity index (χ1) is 15.8. The largest absolute Gasteiger partial charge is 0.440 e. The van der Waals surface area contributed by atoms with Crippen LogP contribution in [-0.4, -0.2) is 47.1 Å². The van der Waals surface area contributed by atoms with Crippen LogP contribution in [0.4, 0.5) is 10.6 Å². The molecule has 7 nitrogen and oxygen atoms in total. The number of piperidine rings is 1. The molecule has 1 atom stereocenters. The Bertz CT molecular complexity index is 1020. The summed E-state index contributed by atoms with van der Waals surface area (Å²) in [6.45, 7) is 4.03. The van der Waals surface area contributed by atoms with E-state index in [4.69, 9.17) is 4.42 Å². The number of likely N-dealkylation sites (tertiary alicyclic amines) is 1. The van der Waals surface area contributed by atoms with E-state index in [-0.39, 0.29) is 11.9 Å². The zero-order valence-corrected chi connectivity index (χ0v) is 18.5. The number of hydrogen-bond donors (Lipinski definition) is 1. The van der Waals surface area contributed by atoms with Gasteiger partial charge in [0.1, 0.15) is 11.3 Å². The number of para-hydroxylation sites is 2. The Labute approximate surface area is 188 Å². The summed E-state index contributed by atoms with van der Waals surface area (Å²) in [7, 11) is 0. The minimum atomic E-state index is -0.0288. The fourth-order valence-electron chi connectivity index (χ4n) is 4.76. The number of fused-ring (bicyclic) bond motifs is 1. The van der Waals surface area contributed by atoms with Crippen molar-refractivity contribution in [1.82, 2.24) is 20.2 Å². The molecule has 3 aromatic rings. The van der Waals surface area contributed by atoms with E-state index in [0.717, 1.165) is 60.8 Å². The highest BCUT2D eigenvalue weighted by Gasteiger charge is 2.28. The van der Waals surface area contributed by atoms with Crippen molar-refractivity contribution in [3.63, 3.8) is 0 Å². The third-order valence-electron chi connectivity index (χ3n) is 6.55. The van der Waals surface area contributed by atoms with Crippen molar-refractivity contribution < 1.29 is 9.21 Å². The van der Waals surface area contributed by atoms with Crippen molar-refractivity contribution in [3.05, 3.63) is 54.0 Å². The Morgan fingerprint density at radius 1 is 1.06 bits per heavy atom. The van der Waals surface area contributed by atoms with Crippen molar-refractivity contribution in [2.24, 2.45) is 0 Å². The fourth-order valence-corrected chi connectivity index (χ4v) is 4.76. The second-order valence-electron chi connectivity index (χ2n) is 8.89.